The van der Waals surface area contributed by atoms with Crippen molar-refractivity contribution >= 4 is 29.1 Å². The summed E-state index contributed by atoms with van der Waals surface area (Å²) in [5, 5.41) is 8.98. The van der Waals surface area contributed by atoms with E-state index >= 15 is 0 Å². The Morgan fingerprint density at radius 3 is 2.83 bits per heavy atom. The van der Waals surface area contributed by atoms with Gasteiger partial charge in [-0.2, -0.15) is 11.8 Å². The highest BCUT2D eigenvalue weighted by atomic mass is 32.2. The van der Waals surface area contributed by atoms with Crippen molar-refractivity contribution in [2.24, 2.45) is 4.99 Å². The Kier molecular flexibility index (Phi) is 7.70. The van der Waals surface area contributed by atoms with Crippen LogP contribution in [-0.2, 0) is 6.42 Å². The van der Waals surface area contributed by atoms with Gasteiger partial charge in [-0.15, -0.1) is 11.3 Å². The molecule has 1 aromatic rings. The maximum absolute atomic E-state index is 4.76. The van der Waals surface area contributed by atoms with Crippen LogP contribution in [0.25, 0.3) is 0 Å². The summed E-state index contributed by atoms with van der Waals surface area (Å²) in [4.78, 5) is 10.6. The van der Waals surface area contributed by atoms with Gasteiger partial charge in [0.25, 0.3) is 0 Å². The molecule has 2 rings (SSSR count). The van der Waals surface area contributed by atoms with E-state index < -0.39 is 0 Å². The first-order valence-electron chi connectivity index (χ1n) is 8.71. The van der Waals surface area contributed by atoms with Gasteiger partial charge in [0.15, 0.2) is 5.96 Å². The number of thioether (sulfide) groups is 1. The van der Waals surface area contributed by atoms with Crippen molar-refractivity contribution in [1.82, 2.24) is 15.6 Å². The minimum atomic E-state index is 0.573. The van der Waals surface area contributed by atoms with Crippen molar-refractivity contribution in [2.45, 2.75) is 64.7 Å². The summed E-state index contributed by atoms with van der Waals surface area (Å²) in [7, 11) is 0. The maximum Gasteiger partial charge on any atom is 0.191 e. The normalized spacial score (nSPS) is 21.7. The third-order valence-electron chi connectivity index (χ3n) is 4.08. The molecule has 2 atom stereocenters. The maximum atomic E-state index is 4.76. The summed E-state index contributed by atoms with van der Waals surface area (Å²) >= 11 is 3.89. The quantitative estimate of drug-likeness (QED) is 0.581. The van der Waals surface area contributed by atoms with Gasteiger partial charge in [-0.05, 0) is 45.8 Å². The van der Waals surface area contributed by atoms with Crippen LogP contribution in [0.3, 0.4) is 0 Å². The summed E-state index contributed by atoms with van der Waals surface area (Å²) in [6.07, 6.45) is 4.83. The van der Waals surface area contributed by atoms with E-state index in [1.807, 2.05) is 0 Å². The fourth-order valence-electron chi connectivity index (χ4n) is 3.05. The van der Waals surface area contributed by atoms with Crippen LogP contribution in [0.1, 0.15) is 48.7 Å². The van der Waals surface area contributed by atoms with Gasteiger partial charge >= 0.3 is 0 Å². The molecule has 23 heavy (non-hydrogen) atoms. The highest BCUT2D eigenvalue weighted by Gasteiger charge is 2.25. The van der Waals surface area contributed by atoms with Crippen molar-refractivity contribution in [1.29, 1.82) is 0 Å². The number of rotatable bonds is 7. The van der Waals surface area contributed by atoms with E-state index in [-0.39, 0.29) is 0 Å². The van der Waals surface area contributed by atoms with E-state index in [1.54, 1.807) is 11.3 Å². The molecule has 0 spiro atoms. The second-order valence-electron chi connectivity index (χ2n) is 5.98. The summed E-state index contributed by atoms with van der Waals surface area (Å²) in [5.74, 6) is 2.19. The second kappa shape index (κ2) is 9.52. The van der Waals surface area contributed by atoms with Crippen LogP contribution in [0.4, 0.5) is 0 Å². The van der Waals surface area contributed by atoms with Crippen LogP contribution >= 0.6 is 23.1 Å². The lowest BCUT2D eigenvalue weighted by Gasteiger charge is -2.17. The molecule has 2 unspecified atom stereocenters. The summed E-state index contributed by atoms with van der Waals surface area (Å²) in [5.41, 5.74) is 1.16. The Hall–Kier alpha value is -0.750. The molecule has 1 saturated carbocycles. The van der Waals surface area contributed by atoms with Gasteiger partial charge < -0.3 is 10.6 Å². The SMILES string of the molecule is CCNC(=NCCc1sc(C)nc1C)NC1CCC(SCC)C1. The Morgan fingerprint density at radius 1 is 1.35 bits per heavy atom. The molecule has 0 aliphatic heterocycles. The fraction of sp³-hybridized carbons (Fsp3) is 0.765. The van der Waals surface area contributed by atoms with Crippen LogP contribution in [0.5, 0.6) is 0 Å². The fourth-order valence-corrected chi connectivity index (χ4v) is 5.11. The summed E-state index contributed by atoms with van der Waals surface area (Å²) in [6, 6.07) is 0.573. The topological polar surface area (TPSA) is 49.3 Å². The van der Waals surface area contributed by atoms with Crippen molar-refractivity contribution < 1.29 is 0 Å². The van der Waals surface area contributed by atoms with Gasteiger partial charge in [0.1, 0.15) is 0 Å². The Bertz CT molecular complexity index is 513. The molecule has 0 radical (unpaired) electrons. The molecule has 1 aromatic heterocycles. The molecule has 0 bridgehead atoms. The zero-order chi connectivity index (χ0) is 16.7. The van der Waals surface area contributed by atoms with E-state index in [0.29, 0.717) is 6.04 Å². The van der Waals surface area contributed by atoms with E-state index in [2.05, 4.69) is 55.1 Å². The number of thiazole rings is 1. The van der Waals surface area contributed by atoms with Crippen molar-refractivity contribution in [3.05, 3.63) is 15.6 Å². The minimum Gasteiger partial charge on any atom is -0.357 e. The predicted molar refractivity (Wildman–Crippen MR) is 104 cm³/mol. The smallest absolute Gasteiger partial charge is 0.191 e. The molecule has 4 nitrogen and oxygen atoms in total. The van der Waals surface area contributed by atoms with Gasteiger partial charge in [0, 0.05) is 35.7 Å². The van der Waals surface area contributed by atoms with E-state index in [1.165, 1.54) is 29.9 Å². The van der Waals surface area contributed by atoms with Crippen LogP contribution in [0.15, 0.2) is 4.99 Å². The van der Waals surface area contributed by atoms with Gasteiger partial charge in [-0.1, -0.05) is 6.92 Å². The number of aromatic nitrogens is 1. The largest absolute Gasteiger partial charge is 0.357 e. The standard InChI is InChI=1S/C17H30N4S2/c1-5-18-17(21-14-7-8-15(11-14)22-6-2)19-10-9-16-12(3)20-13(4)23-16/h14-15H,5-11H2,1-4H3,(H2,18,19,21). The summed E-state index contributed by atoms with van der Waals surface area (Å²) < 4.78 is 0. The van der Waals surface area contributed by atoms with Crippen molar-refractivity contribution in [2.75, 3.05) is 18.8 Å². The number of guanidine groups is 1. The van der Waals surface area contributed by atoms with Crippen LogP contribution < -0.4 is 10.6 Å². The number of hydrogen-bond donors (Lipinski definition) is 2. The number of nitrogens with one attached hydrogen (secondary N) is 2. The van der Waals surface area contributed by atoms with Crippen LogP contribution in [0.2, 0.25) is 0 Å². The van der Waals surface area contributed by atoms with Gasteiger partial charge in [0.05, 0.1) is 10.7 Å². The molecule has 1 aliphatic rings. The minimum absolute atomic E-state index is 0.573. The Labute approximate surface area is 149 Å². The number of nitrogens with zero attached hydrogens (tertiary/aromatic N) is 2. The first-order chi connectivity index (χ1) is 11.1. The Morgan fingerprint density at radius 2 is 2.17 bits per heavy atom. The monoisotopic (exact) mass is 354 g/mol. The van der Waals surface area contributed by atoms with Crippen molar-refractivity contribution in [3.8, 4) is 0 Å². The lowest BCUT2D eigenvalue weighted by molar-refractivity contribution is 0.615. The number of hydrogen-bond acceptors (Lipinski definition) is 4. The molecular weight excluding hydrogens is 324 g/mol. The average Bonchev–Trinajstić information content (AvgIpc) is 3.06. The third-order valence-corrected chi connectivity index (χ3v) is 6.45. The van der Waals surface area contributed by atoms with Crippen LogP contribution in [-0.4, -0.2) is 41.1 Å². The molecule has 1 heterocycles. The molecule has 0 aromatic carbocycles. The molecule has 0 saturated heterocycles. The Balaban J connectivity index is 1.84. The van der Waals surface area contributed by atoms with Gasteiger partial charge in [0.2, 0.25) is 0 Å². The molecule has 1 aliphatic carbocycles. The summed E-state index contributed by atoms with van der Waals surface area (Å²) in [6.45, 7) is 10.3. The highest BCUT2D eigenvalue weighted by molar-refractivity contribution is 7.99. The van der Waals surface area contributed by atoms with Crippen molar-refractivity contribution in [3.63, 3.8) is 0 Å². The molecule has 130 valence electrons. The van der Waals surface area contributed by atoms with Crippen LogP contribution in [0, 0.1) is 13.8 Å². The lowest BCUT2D eigenvalue weighted by Crippen LogP contribution is -2.42. The van der Waals surface area contributed by atoms with E-state index in [4.69, 9.17) is 4.99 Å². The zero-order valence-corrected chi connectivity index (χ0v) is 16.4. The lowest BCUT2D eigenvalue weighted by atomic mass is 10.2. The molecule has 1 fully saturated rings. The highest BCUT2D eigenvalue weighted by Crippen LogP contribution is 2.29. The van der Waals surface area contributed by atoms with E-state index in [0.717, 1.165) is 41.4 Å². The second-order valence-corrected chi connectivity index (χ2v) is 8.85. The van der Waals surface area contributed by atoms with Gasteiger partial charge in [-0.3, -0.25) is 4.99 Å². The predicted octanol–water partition coefficient (Wildman–Crippen LogP) is 3.53. The number of aliphatic imine (C=N–C) groups is 1. The molecule has 0 amide bonds. The first kappa shape index (κ1) is 18.6. The average molecular weight is 355 g/mol. The molecule has 2 N–H and O–H groups in total. The third kappa shape index (κ3) is 5.99. The van der Waals surface area contributed by atoms with E-state index in [9.17, 15) is 0 Å². The zero-order valence-electron chi connectivity index (χ0n) is 14.8. The number of aryl methyl sites for hydroxylation is 2. The van der Waals surface area contributed by atoms with Gasteiger partial charge in [-0.25, -0.2) is 4.98 Å². The first-order valence-corrected chi connectivity index (χ1v) is 10.6. The molecular formula is C17H30N4S2. The molecule has 6 heteroatoms.